The first-order valence-corrected chi connectivity index (χ1v) is 7.93. The van der Waals surface area contributed by atoms with E-state index in [0.717, 1.165) is 29.1 Å². The number of alkyl halides is 1. The number of rotatable bonds is 3. The number of aryl methyl sites for hydroxylation is 1. The Bertz CT molecular complexity index is 610. The van der Waals surface area contributed by atoms with E-state index in [2.05, 4.69) is 22.0 Å². The summed E-state index contributed by atoms with van der Waals surface area (Å²) < 4.78 is 7.08. The summed E-state index contributed by atoms with van der Waals surface area (Å²) in [5.41, 5.74) is 1.61. The van der Waals surface area contributed by atoms with Crippen molar-refractivity contribution in [3.63, 3.8) is 0 Å². The van der Waals surface area contributed by atoms with Crippen LogP contribution in [0.15, 0.2) is 30.5 Å². The normalized spacial score (nSPS) is 11.8. The van der Waals surface area contributed by atoms with Gasteiger partial charge in [0.15, 0.2) is 0 Å². The Hall–Kier alpha value is -1.29. The van der Waals surface area contributed by atoms with Crippen LogP contribution >= 0.6 is 15.9 Å². The molecular weight excluding hydrogens is 318 g/mol. The van der Waals surface area contributed by atoms with Crippen molar-refractivity contribution in [2.45, 2.75) is 39.2 Å². The summed E-state index contributed by atoms with van der Waals surface area (Å²) in [5, 5.41) is 2.08. The van der Waals surface area contributed by atoms with Gasteiger partial charge in [-0.05, 0) is 45.2 Å². The molecule has 1 aromatic heterocycles. The fourth-order valence-electron chi connectivity index (χ4n) is 2.17. The Morgan fingerprint density at radius 1 is 1.30 bits per heavy atom. The summed E-state index contributed by atoms with van der Waals surface area (Å²) in [6.45, 7) is 5.63. The minimum atomic E-state index is -0.488. The Balaban J connectivity index is 2.40. The molecule has 0 saturated carbocycles. The SMILES string of the molecule is CC(C)(C)OC(=O)n1cc(CCCBr)c2ccccc21. The van der Waals surface area contributed by atoms with E-state index in [0.29, 0.717) is 0 Å². The number of hydrogen-bond donors (Lipinski definition) is 0. The number of halogens is 1. The van der Waals surface area contributed by atoms with Crippen LogP contribution < -0.4 is 0 Å². The first kappa shape index (κ1) is 15.1. The van der Waals surface area contributed by atoms with Crippen LogP contribution in [-0.2, 0) is 11.2 Å². The fraction of sp³-hybridized carbons (Fsp3) is 0.438. The molecule has 0 aliphatic carbocycles. The highest BCUT2D eigenvalue weighted by Gasteiger charge is 2.20. The quantitative estimate of drug-likeness (QED) is 0.756. The standard InChI is InChI=1S/C16H20BrNO2/c1-16(2,3)20-15(19)18-11-12(7-6-10-17)13-8-4-5-9-14(13)18/h4-5,8-9,11H,6-7,10H2,1-3H3. The maximum absolute atomic E-state index is 12.3. The summed E-state index contributed by atoms with van der Waals surface area (Å²) in [6, 6.07) is 7.95. The molecule has 3 nitrogen and oxygen atoms in total. The molecule has 0 atom stereocenters. The second kappa shape index (κ2) is 6.00. The summed E-state index contributed by atoms with van der Waals surface area (Å²) in [5.74, 6) is 0. The van der Waals surface area contributed by atoms with E-state index < -0.39 is 5.60 Å². The summed E-state index contributed by atoms with van der Waals surface area (Å²) in [6.07, 6.45) is 3.57. The smallest absolute Gasteiger partial charge is 0.419 e. The Morgan fingerprint density at radius 2 is 2.00 bits per heavy atom. The van der Waals surface area contributed by atoms with Gasteiger partial charge in [-0.15, -0.1) is 0 Å². The van der Waals surface area contributed by atoms with Crippen molar-refractivity contribution < 1.29 is 9.53 Å². The Morgan fingerprint density at radius 3 is 2.65 bits per heavy atom. The average molecular weight is 338 g/mol. The van der Waals surface area contributed by atoms with Crippen molar-refractivity contribution in [2.75, 3.05) is 5.33 Å². The van der Waals surface area contributed by atoms with Crippen LogP contribution in [0.4, 0.5) is 4.79 Å². The molecule has 4 heteroatoms. The van der Waals surface area contributed by atoms with Gasteiger partial charge >= 0.3 is 6.09 Å². The molecule has 0 aliphatic rings. The van der Waals surface area contributed by atoms with Crippen LogP contribution in [0.25, 0.3) is 10.9 Å². The van der Waals surface area contributed by atoms with E-state index in [1.54, 1.807) is 4.57 Å². The molecule has 0 fully saturated rings. The largest absolute Gasteiger partial charge is 0.443 e. The lowest BCUT2D eigenvalue weighted by Gasteiger charge is -2.19. The Labute approximate surface area is 128 Å². The van der Waals surface area contributed by atoms with Crippen molar-refractivity contribution in [1.82, 2.24) is 4.57 Å². The van der Waals surface area contributed by atoms with Gasteiger partial charge in [0.2, 0.25) is 0 Å². The minimum absolute atomic E-state index is 0.321. The third-order valence-corrected chi connectivity index (χ3v) is 3.53. The number of hydrogen-bond acceptors (Lipinski definition) is 2. The molecule has 0 saturated heterocycles. The predicted octanol–water partition coefficient (Wildman–Crippen LogP) is 4.75. The molecule has 0 N–H and O–H groups in total. The lowest BCUT2D eigenvalue weighted by atomic mass is 10.1. The number of ether oxygens (including phenoxy) is 1. The number of carbonyl (C=O) groups excluding carboxylic acids is 1. The highest BCUT2D eigenvalue weighted by atomic mass is 79.9. The fourth-order valence-corrected chi connectivity index (χ4v) is 2.45. The monoisotopic (exact) mass is 337 g/mol. The number of aromatic nitrogens is 1. The minimum Gasteiger partial charge on any atom is -0.443 e. The molecule has 1 aromatic carbocycles. The number of fused-ring (bicyclic) bond motifs is 1. The van der Waals surface area contributed by atoms with Crippen LogP contribution in [0.2, 0.25) is 0 Å². The number of para-hydroxylation sites is 1. The second-order valence-electron chi connectivity index (χ2n) is 5.81. The zero-order chi connectivity index (χ0) is 14.8. The molecule has 0 radical (unpaired) electrons. The van der Waals surface area contributed by atoms with Crippen LogP contribution in [0.3, 0.4) is 0 Å². The lowest BCUT2D eigenvalue weighted by molar-refractivity contribution is 0.0544. The average Bonchev–Trinajstić information content (AvgIpc) is 2.73. The van der Waals surface area contributed by atoms with Crippen molar-refractivity contribution >= 4 is 32.9 Å². The molecular formula is C16H20BrNO2. The molecule has 0 spiro atoms. The van der Waals surface area contributed by atoms with Gasteiger partial charge in [-0.25, -0.2) is 4.79 Å². The van der Waals surface area contributed by atoms with Gasteiger partial charge in [0.1, 0.15) is 5.60 Å². The van der Waals surface area contributed by atoms with E-state index in [-0.39, 0.29) is 6.09 Å². The molecule has 20 heavy (non-hydrogen) atoms. The van der Waals surface area contributed by atoms with E-state index >= 15 is 0 Å². The van der Waals surface area contributed by atoms with Gasteiger partial charge in [0.05, 0.1) is 5.52 Å². The third kappa shape index (κ3) is 3.42. The van der Waals surface area contributed by atoms with E-state index in [4.69, 9.17) is 4.74 Å². The molecule has 2 aromatic rings. The molecule has 2 rings (SSSR count). The number of benzene rings is 1. The summed E-state index contributed by atoms with van der Waals surface area (Å²) >= 11 is 3.45. The van der Waals surface area contributed by atoms with Gasteiger partial charge in [-0.3, -0.25) is 4.57 Å². The van der Waals surface area contributed by atoms with Gasteiger partial charge in [0, 0.05) is 16.9 Å². The maximum atomic E-state index is 12.3. The van der Waals surface area contributed by atoms with Gasteiger partial charge in [-0.2, -0.15) is 0 Å². The van der Waals surface area contributed by atoms with Crippen molar-refractivity contribution in [3.8, 4) is 0 Å². The van der Waals surface area contributed by atoms with Crippen molar-refractivity contribution in [2.24, 2.45) is 0 Å². The second-order valence-corrected chi connectivity index (χ2v) is 6.61. The summed E-state index contributed by atoms with van der Waals surface area (Å²) in [7, 11) is 0. The lowest BCUT2D eigenvalue weighted by Crippen LogP contribution is -2.26. The van der Waals surface area contributed by atoms with Crippen molar-refractivity contribution in [1.29, 1.82) is 0 Å². The third-order valence-electron chi connectivity index (χ3n) is 2.96. The highest BCUT2D eigenvalue weighted by Crippen LogP contribution is 2.24. The molecule has 0 bridgehead atoms. The summed E-state index contributed by atoms with van der Waals surface area (Å²) in [4.78, 5) is 12.3. The maximum Gasteiger partial charge on any atom is 0.419 e. The predicted molar refractivity (Wildman–Crippen MR) is 85.7 cm³/mol. The molecule has 0 unspecified atom stereocenters. The van der Waals surface area contributed by atoms with E-state index in [9.17, 15) is 4.79 Å². The van der Waals surface area contributed by atoms with Gasteiger partial charge in [0.25, 0.3) is 0 Å². The van der Waals surface area contributed by atoms with Crippen LogP contribution in [0, 0.1) is 0 Å². The molecule has 1 heterocycles. The van der Waals surface area contributed by atoms with Gasteiger partial charge < -0.3 is 4.74 Å². The van der Waals surface area contributed by atoms with E-state index in [1.807, 2.05) is 45.2 Å². The topological polar surface area (TPSA) is 31.2 Å². The first-order valence-electron chi connectivity index (χ1n) is 6.80. The molecule has 0 amide bonds. The Kier molecular flexibility index (Phi) is 4.53. The first-order chi connectivity index (χ1) is 9.42. The van der Waals surface area contributed by atoms with Crippen LogP contribution in [0.1, 0.15) is 32.8 Å². The molecule has 108 valence electrons. The molecule has 0 aliphatic heterocycles. The number of carbonyl (C=O) groups is 1. The highest BCUT2D eigenvalue weighted by molar-refractivity contribution is 9.09. The van der Waals surface area contributed by atoms with Crippen LogP contribution in [0.5, 0.6) is 0 Å². The van der Waals surface area contributed by atoms with E-state index in [1.165, 1.54) is 5.56 Å². The van der Waals surface area contributed by atoms with Crippen LogP contribution in [-0.4, -0.2) is 21.6 Å². The zero-order valence-corrected chi connectivity index (χ0v) is 13.7. The van der Waals surface area contributed by atoms with Gasteiger partial charge in [-0.1, -0.05) is 34.1 Å². The zero-order valence-electron chi connectivity index (χ0n) is 12.1. The number of nitrogens with zero attached hydrogens (tertiary/aromatic N) is 1. The van der Waals surface area contributed by atoms with Crippen molar-refractivity contribution in [3.05, 3.63) is 36.0 Å².